The lowest BCUT2D eigenvalue weighted by Crippen LogP contribution is -2.29. The van der Waals surface area contributed by atoms with Gasteiger partial charge in [-0.1, -0.05) is 127 Å². The smallest absolute Gasteiger partial charge is 0.462 e. The van der Waals surface area contributed by atoms with Gasteiger partial charge in [-0.15, -0.1) is 6.58 Å². The number of rotatable bonds is 36. The van der Waals surface area contributed by atoms with Crippen LogP contribution < -0.4 is 5.73 Å². The number of hydrogen-bond donors (Lipinski definition) is 2. The molecule has 2 atom stereocenters. The second-order valence-corrected chi connectivity index (χ2v) is 17.3. The number of carbonyl (C=O) groups excluding carboxylic acids is 2. The molecule has 0 bridgehead atoms. The third-order valence-electron chi connectivity index (χ3n) is 10.6. The van der Waals surface area contributed by atoms with Crippen molar-refractivity contribution in [1.82, 2.24) is 14.5 Å². The van der Waals surface area contributed by atoms with Gasteiger partial charge in [0.15, 0.2) is 11.9 Å². The van der Waals surface area contributed by atoms with Crippen LogP contribution in [-0.4, -0.2) is 57.3 Å². The summed E-state index contributed by atoms with van der Waals surface area (Å²) in [6, 6.07) is 7.64. The summed E-state index contributed by atoms with van der Waals surface area (Å²) in [5.41, 5.74) is 8.40. The Kier molecular flexibility index (Phi) is 25.8. The molecule has 1 aromatic carbocycles. The van der Waals surface area contributed by atoms with E-state index < -0.39 is 32.5 Å². The lowest BCUT2D eigenvalue weighted by Gasteiger charge is -2.20. The summed E-state index contributed by atoms with van der Waals surface area (Å²) in [6.07, 6.45) is 29.1. The fourth-order valence-electron chi connectivity index (χ4n) is 7.18. The Morgan fingerprint density at radius 1 is 0.783 bits per heavy atom. The maximum absolute atomic E-state index is 13.2. The number of anilines is 1. The molecule has 3 N–H and O–H groups in total. The van der Waals surface area contributed by atoms with E-state index in [0.29, 0.717) is 30.6 Å². The first-order valence-corrected chi connectivity index (χ1v) is 24.4. The first-order valence-electron chi connectivity index (χ1n) is 22.9. The van der Waals surface area contributed by atoms with E-state index >= 15 is 0 Å². The number of hydrogen-bond acceptors (Lipinski definition) is 10. The number of phosphoric acid groups is 1. The van der Waals surface area contributed by atoms with Gasteiger partial charge in [-0.3, -0.25) is 18.6 Å². The van der Waals surface area contributed by atoms with Crippen molar-refractivity contribution in [2.45, 2.75) is 181 Å². The quantitative estimate of drug-likeness (QED) is 0.0247. The Bertz CT molecular complexity index is 1760. The van der Waals surface area contributed by atoms with E-state index in [-0.39, 0.29) is 32.6 Å². The van der Waals surface area contributed by atoms with E-state index in [1.165, 1.54) is 38.5 Å². The molecule has 13 heteroatoms. The number of pyridine rings is 1. The SMILES string of the molecule is C=CCCCCCCCC(=O)OC[C@H](COP(=O)(O)OCCn1c(CCCC)nc2c(N)nc3ccccc3c21)OC(=O)CCCCCCC/C=C/CCCCCCCC. The second-order valence-electron chi connectivity index (χ2n) is 15.8. The first-order chi connectivity index (χ1) is 29.2. The highest BCUT2D eigenvalue weighted by atomic mass is 31.2. The fraction of sp³-hybridized carbons (Fsp3) is 0.660. The van der Waals surface area contributed by atoms with E-state index in [2.05, 4.69) is 37.6 Å². The Labute approximate surface area is 359 Å². The second kappa shape index (κ2) is 30.5. The van der Waals surface area contributed by atoms with Crippen molar-refractivity contribution in [3.05, 3.63) is 54.9 Å². The molecule has 336 valence electrons. The van der Waals surface area contributed by atoms with Crippen LogP contribution in [0.4, 0.5) is 5.82 Å². The molecule has 12 nitrogen and oxygen atoms in total. The van der Waals surface area contributed by atoms with E-state index in [1.807, 2.05) is 34.9 Å². The minimum absolute atomic E-state index is 0.169. The first kappa shape index (κ1) is 50.8. The highest BCUT2D eigenvalue weighted by Gasteiger charge is 2.27. The van der Waals surface area contributed by atoms with Crippen molar-refractivity contribution in [2.75, 3.05) is 25.6 Å². The van der Waals surface area contributed by atoms with Crippen molar-refractivity contribution >= 4 is 47.5 Å². The van der Waals surface area contributed by atoms with Crippen molar-refractivity contribution in [3.63, 3.8) is 0 Å². The summed E-state index contributed by atoms with van der Waals surface area (Å²) >= 11 is 0. The van der Waals surface area contributed by atoms with E-state index in [9.17, 15) is 19.0 Å². The van der Waals surface area contributed by atoms with Gasteiger partial charge in [0.2, 0.25) is 0 Å². The molecule has 0 spiro atoms. The summed E-state index contributed by atoms with van der Waals surface area (Å²) in [5, 5.41) is 0.866. The molecule has 0 amide bonds. The summed E-state index contributed by atoms with van der Waals surface area (Å²) in [4.78, 5) is 45.5. The van der Waals surface area contributed by atoms with Crippen LogP contribution in [0.3, 0.4) is 0 Å². The number of benzene rings is 1. The third-order valence-corrected chi connectivity index (χ3v) is 11.6. The van der Waals surface area contributed by atoms with Crippen LogP contribution in [-0.2, 0) is 45.6 Å². The van der Waals surface area contributed by atoms with Crippen LogP contribution in [0.1, 0.15) is 167 Å². The normalized spacial score (nSPS) is 13.2. The van der Waals surface area contributed by atoms with Gasteiger partial charge in [0.05, 0.1) is 24.2 Å². The van der Waals surface area contributed by atoms with Gasteiger partial charge >= 0.3 is 19.8 Å². The molecule has 2 heterocycles. The number of allylic oxidation sites excluding steroid dienone is 3. The number of esters is 2. The molecule has 0 saturated carbocycles. The van der Waals surface area contributed by atoms with Crippen molar-refractivity contribution in [3.8, 4) is 0 Å². The van der Waals surface area contributed by atoms with Gasteiger partial charge in [-0.2, -0.15) is 0 Å². The molecule has 0 aliphatic rings. The van der Waals surface area contributed by atoms with Crippen molar-refractivity contribution in [1.29, 1.82) is 0 Å². The minimum Gasteiger partial charge on any atom is -0.462 e. The molecule has 3 rings (SSSR count). The molecular weight excluding hydrogens is 780 g/mol. The number of aromatic nitrogens is 3. The Morgan fingerprint density at radius 3 is 2.05 bits per heavy atom. The average Bonchev–Trinajstić information content (AvgIpc) is 3.61. The van der Waals surface area contributed by atoms with Gasteiger partial charge in [0, 0.05) is 31.2 Å². The predicted octanol–water partition coefficient (Wildman–Crippen LogP) is 12.1. The minimum atomic E-state index is -4.61. The van der Waals surface area contributed by atoms with Crippen LogP contribution in [0, 0.1) is 0 Å². The van der Waals surface area contributed by atoms with Crippen LogP contribution in [0.5, 0.6) is 0 Å². The molecule has 0 radical (unpaired) electrons. The van der Waals surface area contributed by atoms with Crippen LogP contribution in [0.2, 0.25) is 0 Å². The summed E-state index contributed by atoms with van der Waals surface area (Å²) < 4.78 is 37.0. The Hall–Kier alpha value is -3.57. The van der Waals surface area contributed by atoms with Gasteiger partial charge in [0.25, 0.3) is 0 Å². The molecular formula is C47H75N4O8P. The van der Waals surface area contributed by atoms with E-state index in [1.54, 1.807) is 0 Å². The fourth-order valence-corrected chi connectivity index (χ4v) is 7.92. The molecule has 1 unspecified atom stereocenters. The zero-order valence-electron chi connectivity index (χ0n) is 36.8. The number of fused-ring (bicyclic) bond motifs is 3. The standard InChI is InChI=1S/C47H75N4O8P/c1-4-7-10-12-14-15-16-17-18-19-20-21-23-25-27-34-44(53)59-39(37-56-43(52)33-26-24-22-13-11-8-5-2)38-58-60(54,55)57-36-35-51-42(32-9-6-3)50-45-46(51)40-30-28-29-31-41(40)49-47(45)48/h5,17-18,28-31,39H,2,4,6-16,19-27,32-38H2,1,3H3,(H2,48,49)(H,54,55)/b18-17+/t39-/m1/s1. The molecule has 0 aliphatic heterocycles. The number of unbranched alkanes of at least 4 members (excludes halogenated alkanes) is 17. The number of imidazole rings is 1. The Balaban J connectivity index is 1.49. The highest BCUT2D eigenvalue weighted by molar-refractivity contribution is 7.47. The van der Waals surface area contributed by atoms with E-state index in [0.717, 1.165) is 106 Å². The van der Waals surface area contributed by atoms with Crippen molar-refractivity contribution in [2.24, 2.45) is 0 Å². The maximum atomic E-state index is 13.2. The monoisotopic (exact) mass is 855 g/mol. The number of phosphoric ester groups is 1. The van der Waals surface area contributed by atoms with Crippen LogP contribution in [0.25, 0.3) is 21.9 Å². The van der Waals surface area contributed by atoms with Gasteiger partial charge in [0.1, 0.15) is 17.9 Å². The van der Waals surface area contributed by atoms with Gasteiger partial charge < -0.3 is 24.7 Å². The lowest BCUT2D eigenvalue weighted by atomic mass is 10.1. The zero-order chi connectivity index (χ0) is 43.3. The Morgan fingerprint density at radius 2 is 1.38 bits per heavy atom. The molecule has 0 saturated heterocycles. The molecule has 60 heavy (non-hydrogen) atoms. The van der Waals surface area contributed by atoms with Crippen molar-refractivity contribution < 1.29 is 37.6 Å². The topological polar surface area (TPSA) is 165 Å². The van der Waals surface area contributed by atoms with Gasteiger partial charge in [-0.05, 0) is 63.9 Å². The molecule has 3 aromatic rings. The zero-order valence-corrected chi connectivity index (χ0v) is 37.7. The number of carbonyl (C=O) groups is 2. The summed E-state index contributed by atoms with van der Waals surface area (Å²) in [6.45, 7) is 7.35. The largest absolute Gasteiger partial charge is 0.472 e. The maximum Gasteiger partial charge on any atom is 0.472 e. The average molecular weight is 855 g/mol. The number of ether oxygens (including phenoxy) is 2. The summed E-state index contributed by atoms with van der Waals surface area (Å²) in [7, 11) is -4.61. The van der Waals surface area contributed by atoms with Gasteiger partial charge in [-0.25, -0.2) is 14.5 Å². The predicted molar refractivity (Wildman–Crippen MR) is 243 cm³/mol. The molecule has 0 fully saturated rings. The molecule has 2 aromatic heterocycles. The molecule has 0 aliphatic carbocycles. The lowest BCUT2D eigenvalue weighted by molar-refractivity contribution is -0.161. The highest BCUT2D eigenvalue weighted by Crippen LogP contribution is 2.43. The number of para-hydroxylation sites is 1. The number of nitrogen functional groups attached to an aromatic ring is 1. The van der Waals surface area contributed by atoms with Crippen LogP contribution >= 0.6 is 7.82 Å². The number of nitrogens with two attached hydrogens (primary N) is 1. The van der Waals surface area contributed by atoms with Crippen LogP contribution in [0.15, 0.2) is 49.1 Å². The summed E-state index contributed by atoms with van der Waals surface area (Å²) in [5.74, 6) is 0.201. The van der Waals surface area contributed by atoms with E-state index in [4.69, 9.17) is 29.2 Å². The number of aryl methyl sites for hydroxylation is 1. The number of nitrogens with zero attached hydrogens (tertiary/aromatic N) is 3. The third kappa shape index (κ3) is 20.3.